The third kappa shape index (κ3) is 6.39. The molecule has 6 heteroatoms. The molecule has 4 nitrogen and oxygen atoms in total. The molecular formula is C7H10K2O4. The fourth-order valence-electron chi connectivity index (χ4n) is 0.787. The van der Waals surface area contributed by atoms with E-state index in [0.717, 1.165) is 6.92 Å². The fourth-order valence-corrected chi connectivity index (χ4v) is 0.787. The van der Waals surface area contributed by atoms with Crippen LogP contribution in [0.5, 0.6) is 0 Å². The van der Waals surface area contributed by atoms with Crippen molar-refractivity contribution in [2.75, 3.05) is 0 Å². The van der Waals surface area contributed by atoms with Crippen molar-refractivity contribution in [2.24, 2.45) is 5.41 Å². The van der Waals surface area contributed by atoms with E-state index in [4.69, 9.17) is 0 Å². The molecule has 64 valence electrons. The molecule has 0 aromatic heterocycles. The third-order valence-electron chi connectivity index (χ3n) is 1.65. The van der Waals surface area contributed by atoms with Gasteiger partial charge in [0.15, 0.2) is 0 Å². The smallest absolute Gasteiger partial charge is 0.549 e. The van der Waals surface area contributed by atoms with Gasteiger partial charge in [-0.3, -0.25) is 0 Å². The Kier molecular flexibility index (Phi) is 15.0. The summed E-state index contributed by atoms with van der Waals surface area (Å²) in [7, 11) is 0. The van der Waals surface area contributed by atoms with Gasteiger partial charge in [0.25, 0.3) is 0 Å². The molecule has 0 atom stereocenters. The summed E-state index contributed by atoms with van der Waals surface area (Å²) in [5.74, 6) is -3.17. The van der Waals surface area contributed by atoms with Gasteiger partial charge in [-0.2, -0.15) is 0 Å². The van der Waals surface area contributed by atoms with Gasteiger partial charge >= 0.3 is 103 Å². The second-order valence-electron chi connectivity index (χ2n) is 2.66. The van der Waals surface area contributed by atoms with Crippen molar-refractivity contribution in [1.29, 1.82) is 0 Å². The van der Waals surface area contributed by atoms with E-state index in [1.54, 1.807) is 6.92 Å². The summed E-state index contributed by atoms with van der Waals surface area (Å²) in [6, 6.07) is 0. The first kappa shape index (κ1) is 20.6. The Bertz CT molecular complexity index is 167. The van der Waals surface area contributed by atoms with Gasteiger partial charge in [0.2, 0.25) is 0 Å². The molecule has 0 aliphatic rings. The predicted octanol–water partition coefficient (Wildman–Crippen LogP) is -7.70. The zero-order valence-corrected chi connectivity index (χ0v) is 14.8. The summed E-state index contributed by atoms with van der Waals surface area (Å²) in [5, 5.41) is 20.6. The number of carbonyl (C=O) groups is 2. The summed E-state index contributed by atoms with van der Waals surface area (Å²) in [6.07, 6.45) is 0.510. The molecule has 0 spiro atoms. The molecule has 0 rings (SSSR count). The minimum atomic E-state index is -1.84. The Morgan fingerprint density at radius 3 is 1.54 bits per heavy atom. The van der Waals surface area contributed by atoms with Crippen molar-refractivity contribution in [2.45, 2.75) is 26.7 Å². The number of hydrogen-bond acceptors (Lipinski definition) is 4. The first-order chi connectivity index (χ1) is 4.95. The third-order valence-corrected chi connectivity index (χ3v) is 1.65. The molecule has 0 aromatic rings. The maximum absolute atomic E-state index is 10.3. The normalized spacial score (nSPS) is 9.38. The first-order valence-corrected chi connectivity index (χ1v) is 3.38. The first-order valence-electron chi connectivity index (χ1n) is 3.38. The van der Waals surface area contributed by atoms with E-state index in [1.165, 1.54) is 0 Å². The van der Waals surface area contributed by atoms with Crippen LogP contribution in [0.3, 0.4) is 0 Å². The average Bonchev–Trinajstić information content (AvgIpc) is 1.87. The monoisotopic (exact) mass is 236 g/mol. The van der Waals surface area contributed by atoms with Gasteiger partial charge < -0.3 is 19.8 Å². The van der Waals surface area contributed by atoms with E-state index in [9.17, 15) is 19.8 Å². The van der Waals surface area contributed by atoms with Crippen molar-refractivity contribution < 1.29 is 123 Å². The second kappa shape index (κ2) is 9.44. The number of aliphatic carboxylic acids is 2. The maximum atomic E-state index is 10.3. The van der Waals surface area contributed by atoms with Gasteiger partial charge in [0.1, 0.15) is 0 Å². The second-order valence-corrected chi connectivity index (χ2v) is 2.66. The van der Waals surface area contributed by atoms with Crippen LogP contribution in [0.25, 0.3) is 0 Å². The van der Waals surface area contributed by atoms with Crippen LogP contribution in [-0.4, -0.2) is 11.9 Å². The van der Waals surface area contributed by atoms with Crippen LogP contribution in [0, 0.1) is 5.41 Å². The van der Waals surface area contributed by atoms with E-state index < -0.39 is 17.4 Å². The molecule has 0 fully saturated rings. The van der Waals surface area contributed by atoms with Gasteiger partial charge in [-0.05, 0) is 13.3 Å². The predicted molar refractivity (Wildman–Crippen MR) is 33.0 cm³/mol. The Morgan fingerprint density at radius 1 is 1.15 bits per heavy atom. The maximum Gasteiger partial charge on any atom is 1.00 e. The van der Waals surface area contributed by atoms with Gasteiger partial charge in [-0.25, -0.2) is 0 Å². The van der Waals surface area contributed by atoms with E-state index in [2.05, 4.69) is 0 Å². The van der Waals surface area contributed by atoms with Crippen molar-refractivity contribution in [3.05, 3.63) is 0 Å². The number of carboxylic acids is 2. The molecule has 0 radical (unpaired) electrons. The molecule has 0 amide bonds. The van der Waals surface area contributed by atoms with E-state index in [-0.39, 0.29) is 109 Å². The van der Waals surface area contributed by atoms with Crippen LogP contribution in [-0.2, 0) is 9.59 Å². The van der Waals surface area contributed by atoms with Gasteiger partial charge in [0, 0.05) is 5.41 Å². The zero-order valence-electron chi connectivity index (χ0n) is 8.55. The van der Waals surface area contributed by atoms with E-state index >= 15 is 0 Å². The van der Waals surface area contributed by atoms with Crippen molar-refractivity contribution >= 4 is 11.9 Å². The molecule has 0 aromatic carbocycles. The van der Waals surface area contributed by atoms with Crippen molar-refractivity contribution in [3.63, 3.8) is 0 Å². The minimum Gasteiger partial charge on any atom is -0.549 e. The van der Waals surface area contributed by atoms with Gasteiger partial charge in [-0.15, -0.1) is 0 Å². The summed E-state index contributed by atoms with van der Waals surface area (Å²) in [4.78, 5) is 20.6. The SMILES string of the molecule is CCCC(C)(C(=O)[O-])C(=O)[O-].[K+].[K+]. The van der Waals surface area contributed by atoms with Gasteiger partial charge in [0.05, 0.1) is 11.9 Å². The molecule has 0 aliphatic carbocycles. The van der Waals surface area contributed by atoms with Crippen LogP contribution < -0.4 is 113 Å². The quantitative estimate of drug-likeness (QED) is 0.359. The fraction of sp³-hybridized carbons (Fsp3) is 0.714. The molecule has 0 heterocycles. The van der Waals surface area contributed by atoms with Crippen LogP contribution in [0.2, 0.25) is 0 Å². The molecule has 0 unspecified atom stereocenters. The average molecular weight is 236 g/mol. The van der Waals surface area contributed by atoms with E-state index in [1.807, 2.05) is 0 Å². The molecule has 0 bridgehead atoms. The standard InChI is InChI=1S/C7H12O4.2K/c1-3-4-7(2,5(8)9)6(10)11;;/h3-4H2,1-2H3,(H,8,9)(H,10,11);;/q;2*+1/p-2. The van der Waals surface area contributed by atoms with Crippen LogP contribution in [0.4, 0.5) is 0 Å². The minimum absolute atomic E-state index is 0. The zero-order chi connectivity index (χ0) is 9.07. The summed E-state index contributed by atoms with van der Waals surface area (Å²) in [5.41, 5.74) is -1.84. The Labute approximate surface area is 163 Å². The largest absolute Gasteiger partial charge is 1.00 e. The number of carbonyl (C=O) groups excluding carboxylic acids is 2. The van der Waals surface area contributed by atoms with E-state index in [0.29, 0.717) is 6.42 Å². The summed E-state index contributed by atoms with van der Waals surface area (Å²) < 4.78 is 0. The van der Waals surface area contributed by atoms with Crippen LogP contribution in [0.1, 0.15) is 26.7 Å². The topological polar surface area (TPSA) is 80.3 Å². The molecule has 0 aliphatic heterocycles. The number of carboxylic acid groups (broad SMARTS) is 2. The Balaban J connectivity index is -0.000000500. The summed E-state index contributed by atoms with van der Waals surface area (Å²) >= 11 is 0. The Hall–Kier alpha value is 2.21. The number of hydrogen-bond donors (Lipinski definition) is 0. The molecule has 13 heavy (non-hydrogen) atoms. The van der Waals surface area contributed by atoms with Crippen LogP contribution >= 0.6 is 0 Å². The van der Waals surface area contributed by atoms with Gasteiger partial charge in [-0.1, -0.05) is 13.3 Å². The molecular weight excluding hydrogens is 226 g/mol. The Morgan fingerprint density at radius 2 is 1.46 bits per heavy atom. The molecule has 0 saturated carbocycles. The molecule has 0 N–H and O–H groups in total. The number of rotatable bonds is 4. The summed E-state index contributed by atoms with van der Waals surface area (Å²) in [6.45, 7) is 2.80. The molecule has 0 saturated heterocycles. The van der Waals surface area contributed by atoms with Crippen LogP contribution in [0.15, 0.2) is 0 Å². The van der Waals surface area contributed by atoms with Crippen molar-refractivity contribution in [1.82, 2.24) is 0 Å². The van der Waals surface area contributed by atoms with Crippen molar-refractivity contribution in [3.8, 4) is 0 Å².